The van der Waals surface area contributed by atoms with Crippen molar-refractivity contribution >= 4 is 27.4 Å². The zero-order valence-electron chi connectivity index (χ0n) is 10.7. The van der Waals surface area contributed by atoms with Crippen LogP contribution in [0.25, 0.3) is 0 Å². The van der Waals surface area contributed by atoms with E-state index in [0.717, 1.165) is 25.9 Å². The summed E-state index contributed by atoms with van der Waals surface area (Å²) in [5.74, 6) is 0.859. The summed E-state index contributed by atoms with van der Waals surface area (Å²) in [7, 11) is 1.68. The number of aromatic nitrogens is 1. The van der Waals surface area contributed by atoms with E-state index in [0.29, 0.717) is 22.8 Å². The van der Waals surface area contributed by atoms with Gasteiger partial charge in [0.2, 0.25) is 5.82 Å². The second-order valence-electron chi connectivity index (χ2n) is 4.66. The number of ether oxygens (including phenoxy) is 1. The highest BCUT2D eigenvalue weighted by Gasteiger charge is 2.26. The van der Waals surface area contributed by atoms with E-state index >= 15 is 0 Å². The molecule has 1 unspecified atom stereocenters. The molecule has 0 aromatic carbocycles. The van der Waals surface area contributed by atoms with Crippen LogP contribution in [0.5, 0.6) is 0 Å². The van der Waals surface area contributed by atoms with Crippen LogP contribution in [-0.2, 0) is 4.74 Å². The predicted octanol–water partition coefficient (Wildman–Crippen LogP) is 2.62. The normalized spacial score (nSPS) is 19.5. The van der Waals surface area contributed by atoms with Gasteiger partial charge in [0.05, 0.1) is 11.5 Å². The molecule has 1 aliphatic rings. The Kier molecular flexibility index (Phi) is 4.71. The largest absolute Gasteiger partial charge is 0.384 e. The number of nitrogens with zero attached hydrogens (tertiary/aromatic N) is 3. The third-order valence-corrected chi connectivity index (χ3v) is 3.67. The van der Waals surface area contributed by atoms with Gasteiger partial charge in [-0.15, -0.1) is 0 Å². The quantitative estimate of drug-likeness (QED) is 0.627. The molecular weight excluding hydrogens is 314 g/mol. The molecule has 0 amide bonds. The molecule has 1 saturated heterocycles. The first-order valence-corrected chi connectivity index (χ1v) is 6.95. The second kappa shape index (κ2) is 6.29. The van der Waals surface area contributed by atoms with Gasteiger partial charge in [-0.1, -0.05) is 0 Å². The highest BCUT2D eigenvalue weighted by atomic mass is 79.9. The second-order valence-corrected chi connectivity index (χ2v) is 5.58. The number of hydrogen-bond donors (Lipinski definition) is 0. The Hall–Kier alpha value is -1.21. The number of pyridine rings is 1. The molecular formula is C12H16BrN3O3. The smallest absolute Gasteiger partial charge is 0.312 e. The fourth-order valence-electron chi connectivity index (χ4n) is 2.43. The van der Waals surface area contributed by atoms with Crippen LogP contribution in [-0.4, -0.2) is 36.7 Å². The third kappa shape index (κ3) is 3.42. The maximum absolute atomic E-state index is 11.1. The Morgan fingerprint density at radius 1 is 1.68 bits per heavy atom. The molecule has 19 heavy (non-hydrogen) atoms. The maximum Gasteiger partial charge on any atom is 0.312 e. The van der Waals surface area contributed by atoms with Gasteiger partial charge in [-0.25, -0.2) is 4.98 Å². The van der Waals surface area contributed by atoms with Crippen molar-refractivity contribution in [2.75, 3.05) is 31.7 Å². The van der Waals surface area contributed by atoms with Crippen LogP contribution in [0, 0.1) is 16.0 Å². The molecule has 0 saturated carbocycles. The number of rotatable bonds is 4. The summed E-state index contributed by atoms with van der Waals surface area (Å²) < 4.78 is 5.79. The Morgan fingerprint density at radius 2 is 2.47 bits per heavy atom. The molecule has 2 heterocycles. The topological polar surface area (TPSA) is 68.5 Å². The van der Waals surface area contributed by atoms with Crippen LogP contribution in [0.1, 0.15) is 12.8 Å². The first-order chi connectivity index (χ1) is 9.11. The van der Waals surface area contributed by atoms with E-state index in [-0.39, 0.29) is 10.6 Å². The van der Waals surface area contributed by atoms with Crippen LogP contribution < -0.4 is 4.90 Å². The summed E-state index contributed by atoms with van der Waals surface area (Å²) in [5.41, 5.74) is 0.0486. The summed E-state index contributed by atoms with van der Waals surface area (Å²) in [4.78, 5) is 16.9. The summed E-state index contributed by atoms with van der Waals surface area (Å²) >= 11 is 3.22. The van der Waals surface area contributed by atoms with E-state index in [1.54, 1.807) is 13.3 Å². The molecule has 0 N–H and O–H groups in total. The lowest BCUT2D eigenvalue weighted by atomic mass is 9.99. The van der Waals surface area contributed by atoms with E-state index in [1.807, 2.05) is 4.90 Å². The minimum atomic E-state index is -0.382. The summed E-state index contributed by atoms with van der Waals surface area (Å²) in [6, 6.07) is 1.50. The van der Waals surface area contributed by atoms with E-state index in [4.69, 9.17) is 4.74 Å². The van der Waals surface area contributed by atoms with Crippen molar-refractivity contribution in [2.24, 2.45) is 5.92 Å². The number of methoxy groups -OCH3 is 1. The molecule has 2 rings (SSSR count). The molecule has 1 aromatic rings. The highest BCUT2D eigenvalue weighted by molar-refractivity contribution is 9.10. The molecule has 1 atom stereocenters. The van der Waals surface area contributed by atoms with Crippen LogP contribution in [0.3, 0.4) is 0 Å². The van der Waals surface area contributed by atoms with Gasteiger partial charge in [-0.05, 0) is 34.7 Å². The van der Waals surface area contributed by atoms with E-state index in [9.17, 15) is 10.1 Å². The third-order valence-electron chi connectivity index (χ3n) is 3.23. The van der Waals surface area contributed by atoms with Gasteiger partial charge in [0.15, 0.2) is 0 Å². The zero-order valence-corrected chi connectivity index (χ0v) is 12.3. The van der Waals surface area contributed by atoms with Crippen LogP contribution >= 0.6 is 15.9 Å². The Labute approximate surface area is 120 Å². The van der Waals surface area contributed by atoms with Crippen molar-refractivity contribution in [3.63, 3.8) is 0 Å². The van der Waals surface area contributed by atoms with Crippen molar-refractivity contribution in [3.05, 3.63) is 26.9 Å². The van der Waals surface area contributed by atoms with Gasteiger partial charge in [-0.3, -0.25) is 10.1 Å². The number of halogens is 1. The first-order valence-electron chi connectivity index (χ1n) is 6.15. The average molecular weight is 330 g/mol. The van der Waals surface area contributed by atoms with Crippen molar-refractivity contribution in [3.8, 4) is 0 Å². The zero-order chi connectivity index (χ0) is 13.8. The van der Waals surface area contributed by atoms with Gasteiger partial charge in [0.25, 0.3) is 0 Å². The molecule has 0 spiro atoms. The Bertz CT molecular complexity index is 468. The van der Waals surface area contributed by atoms with Gasteiger partial charge in [0.1, 0.15) is 0 Å². The number of anilines is 1. The molecule has 1 aliphatic heterocycles. The minimum absolute atomic E-state index is 0.0486. The SMILES string of the molecule is COCC1CCCN(c2ncc(Br)cc2[N+](=O)[O-])C1. The van der Waals surface area contributed by atoms with Crippen molar-refractivity contribution in [2.45, 2.75) is 12.8 Å². The minimum Gasteiger partial charge on any atom is -0.384 e. The lowest BCUT2D eigenvalue weighted by molar-refractivity contribution is -0.384. The summed E-state index contributed by atoms with van der Waals surface area (Å²) in [5, 5.41) is 11.1. The average Bonchev–Trinajstić information content (AvgIpc) is 2.39. The van der Waals surface area contributed by atoms with Crippen LogP contribution in [0.2, 0.25) is 0 Å². The molecule has 0 radical (unpaired) electrons. The lowest BCUT2D eigenvalue weighted by Gasteiger charge is -2.32. The predicted molar refractivity (Wildman–Crippen MR) is 75.4 cm³/mol. The van der Waals surface area contributed by atoms with Crippen LogP contribution in [0.4, 0.5) is 11.5 Å². The molecule has 1 aromatic heterocycles. The monoisotopic (exact) mass is 329 g/mol. The van der Waals surface area contributed by atoms with Gasteiger partial charge in [0, 0.05) is 36.9 Å². The number of nitro groups is 1. The molecule has 104 valence electrons. The summed E-state index contributed by atoms with van der Waals surface area (Å²) in [6.45, 7) is 2.24. The standard InChI is InChI=1S/C12H16BrN3O3/c1-19-8-9-3-2-4-15(7-9)12-11(16(17)18)5-10(13)6-14-12/h5-6,9H,2-4,7-8H2,1H3. The molecule has 7 heteroatoms. The molecule has 0 aliphatic carbocycles. The number of hydrogen-bond acceptors (Lipinski definition) is 5. The first kappa shape index (κ1) is 14.2. The van der Waals surface area contributed by atoms with Crippen molar-refractivity contribution < 1.29 is 9.66 Å². The Morgan fingerprint density at radius 3 is 3.16 bits per heavy atom. The fraction of sp³-hybridized carbons (Fsp3) is 0.583. The lowest BCUT2D eigenvalue weighted by Crippen LogP contribution is -2.37. The fourth-order valence-corrected chi connectivity index (χ4v) is 2.75. The maximum atomic E-state index is 11.1. The van der Waals surface area contributed by atoms with Crippen LogP contribution in [0.15, 0.2) is 16.7 Å². The van der Waals surface area contributed by atoms with E-state index < -0.39 is 0 Å². The van der Waals surface area contributed by atoms with Gasteiger partial charge < -0.3 is 9.64 Å². The summed E-state index contributed by atoms with van der Waals surface area (Å²) in [6.07, 6.45) is 3.69. The number of piperidine rings is 1. The van der Waals surface area contributed by atoms with Crippen molar-refractivity contribution in [1.29, 1.82) is 0 Å². The van der Waals surface area contributed by atoms with Crippen molar-refractivity contribution in [1.82, 2.24) is 4.98 Å². The molecule has 1 fully saturated rings. The van der Waals surface area contributed by atoms with E-state index in [1.165, 1.54) is 6.07 Å². The highest BCUT2D eigenvalue weighted by Crippen LogP contribution is 2.31. The van der Waals surface area contributed by atoms with Gasteiger partial charge in [-0.2, -0.15) is 0 Å². The molecule has 0 bridgehead atoms. The molecule has 6 nitrogen and oxygen atoms in total. The van der Waals surface area contributed by atoms with Gasteiger partial charge >= 0.3 is 5.69 Å². The Balaban J connectivity index is 2.23. The van der Waals surface area contributed by atoms with E-state index in [2.05, 4.69) is 20.9 Å².